The molecule has 0 saturated heterocycles. The number of aromatic nitrogens is 4. The number of benzene rings is 2. The third-order valence-electron chi connectivity index (χ3n) is 4.56. The molecule has 0 radical (unpaired) electrons. The van der Waals surface area contributed by atoms with Gasteiger partial charge in [-0.1, -0.05) is 6.07 Å². The van der Waals surface area contributed by atoms with Crippen LogP contribution in [0.1, 0.15) is 5.56 Å². The molecule has 0 spiro atoms. The molecule has 1 aliphatic heterocycles. The number of ether oxygens (including phenoxy) is 3. The van der Waals surface area contributed by atoms with E-state index in [-0.39, 0.29) is 12.7 Å². The van der Waals surface area contributed by atoms with Gasteiger partial charge in [0.05, 0.1) is 0 Å². The van der Waals surface area contributed by atoms with E-state index in [2.05, 4.69) is 20.3 Å². The molecule has 0 atom stereocenters. The largest absolute Gasteiger partial charge is 0.454 e. The summed E-state index contributed by atoms with van der Waals surface area (Å²) in [6.07, 6.45) is 9.68. The first kappa shape index (κ1) is 19.3. The summed E-state index contributed by atoms with van der Waals surface area (Å²) in [6, 6.07) is 14.2. The molecule has 0 bridgehead atoms. The van der Waals surface area contributed by atoms with Crippen molar-refractivity contribution in [2.24, 2.45) is 0 Å². The van der Waals surface area contributed by atoms with Gasteiger partial charge in [-0.15, -0.1) is 0 Å². The summed E-state index contributed by atoms with van der Waals surface area (Å²) in [6.45, 7) is 0.214. The highest BCUT2D eigenvalue weighted by Crippen LogP contribution is 2.32. The number of nitrogens with zero attached hydrogens (tertiary/aromatic N) is 4. The number of carbonyl (C=O) groups is 1. The van der Waals surface area contributed by atoms with Crippen molar-refractivity contribution in [1.29, 1.82) is 0 Å². The van der Waals surface area contributed by atoms with Crippen molar-refractivity contribution in [3.8, 4) is 28.9 Å². The van der Waals surface area contributed by atoms with Gasteiger partial charge in [-0.3, -0.25) is 9.36 Å². The van der Waals surface area contributed by atoms with Crippen LogP contribution in [0.15, 0.2) is 79.7 Å². The van der Waals surface area contributed by atoms with Gasteiger partial charge in [0, 0.05) is 30.2 Å². The minimum absolute atomic E-state index is 0.214. The molecule has 1 amide bonds. The Hall–Kier alpha value is -4.66. The maximum Gasteiger partial charge on any atom is 0.248 e. The van der Waals surface area contributed by atoms with Crippen LogP contribution >= 0.6 is 0 Å². The van der Waals surface area contributed by atoms with Crippen LogP contribution in [0.3, 0.4) is 0 Å². The smallest absolute Gasteiger partial charge is 0.248 e. The van der Waals surface area contributed by atoms with Crippen molar-refractivity contribution in [3.05, 3.63) is 85.2 Å². The molecule has 0 unspecified atom stereocenters. The lowest BCUT2D eigenvalue weighted by Gasteiger charge is -2.08. The van der Waals surface area contributed by atoms with Gasteiger partial charge in [-0.25, -0.2) is 15.0 Å². The van der Waals surface area contributed by atoms with E-state index in [0.29, 0.717) is 34.6 Å². The molecule has 32 heavy (non-hydrogen) atoms. The first-order chi connectivity index (χ1) is 15.7. The molecule has 3 heterocycles. The molecule has 2 aromatic heterocycles. The van der Waals surface area contributed by atoms with Gasteiger partial charge in [-0.2, -0.15) is 0 Å². The number of nitrogens with one attached hydrogen (secondary N) is 1. The Morgan fingerprint density at radius 3 is 2.78 bits per heavy atom. The first-order valence-electron chi connectivity index (χ1n) is 9.70. The summed E-state index contributed by atoms with van der Waals surface area (Å²) in [4.78, 5) is 24.6. The highest BCUT2D eigenvalue weighted by atomic mass is 16.7. The molecule has 0 fully saturated rings. The second kappa shape index (κ2) is 8.60. The number of amides is 1. The third-order valence-corrected chi connectivity index (χ3v) is 4.56. The summed E-state index contributed by atoms with van der Waals surface area (Å²) in [7, 11) is 0. The SMILES string of the molecule is O=C(/C=C/c1ccc2c(c1)OCO2)Nc1ccc(Oc2cc(-n3ccnc3)ncn2)cc1. The van der Waals surface area contributed by atoms with Crippen LogP contribution in [0.5, 0.6) is 23.1 Å². The average molecular weight is 427 g/mol. The molecule has 9 nitrogen and oxygen atoms in total. The van der Waals surface area contributed by atoms with Crippen molar-refractivity contribution >= 4 is 17.7 Å². The van der Waals surface area contributed by atoms with Crippen molar-refractivity contribution in [2.45, 2.75) is 0 Å². The quantitative estimate of drug-likeness (QED) is 0.467. The Morgan fingerprint density at radius 1 is 1.06 bits per heavy atom. The van der Waals surface area contributed by atoms with Gasteiger partial charge in [-0.05, 0) is 48.0 Å². The minimum atomic E-state index is -0.253. The normalized spacial score (nSPS) is 12.1. The fourth-order valence-electron chi connectivity index (χ4n) is 3.02. The van der Waals surface area contributed by atoms with Crippen molar-refractivity contribution < 1.29 is 19.0 Å². The van der Waals surface area contributed by atoms with Crippen molar-refractivity contribution in [3.63, 3.8) is 0 Å². The van der Waals surface area contributed by atoms with Gasteiger partial charge < -0.3 is 19.5 Å². The van der Waals surface area contributed by atoms with E-state index in [1.807, 2.05) is 18.2 Å². The van der Waals surface area contributed by atoms with E-state index in [1.54, 1.807) is 59.7 Å². The third kappa shape index (κ3) is 4.41. The summed E-state index contributed by atoms with van der Waals surface area (Å²) >= 11 is 0. The highest BCUT2D eigenvalue weighted by molar-refractivity contribution is 6.02. The fourth-order valence-corrected chi connectivity index (χ4v) is 3.02. The first-order valence-corrected chi connectivity index (χ1v) is 9.70. The number of carbonyl (C=O) groups excluding carboxylic acids is 1. The van der Waals surface area contributed by atoms with E-state index in [9.17, 15) is 4.79 Å². The molecule has 1 N–H and O–H groups in total. The van der Waals surface area contributed by atoms with Gasteiger partial charge in [0.2, 0.25) is 18.6 Å². The van der Waals surface area contributed by atoms with Gasteiger partial charge in [0.25, 0.3) is 0 Å². The van der Waals surface area contributed by atoms with Crippen LogP contribution in [0.4, 0.5) is 5.69 Å². The van der Waals surface area contributed by atoms with E-state index >= 15 is 0 Å². The number of imidazole rings is 1. The van der Waals surface area contributed by atoms with Crippen molar-refractivity contribution in [1.82, 2.24) is 19.5 Å². The Kier molecular flexibility index (Phi) is 5.19. The Morgan fingerprint density at radius 2 is 1.94 bits per heavy atom. The molecule has 5 rings (SSSR count). The highest BCUT2D eigenvalue weighted by Gasteiger charge is 2.12. The predicted molar refractivity (Wildman–Crippen MR) is 116 cm³/mol. The maximum atomic E-state index is 12.2. The Labute approximate surface area is 182 Å². The minimum Gasteiger partial charge on any atom is -0.454 e. The van der Waals surface area contributed by atoms with Gasteiger partial charge >= 0.3 is 0 Å². The molecular weight excluding hydrogens is 410 g/mol. The summed E-state index contributed by atoms with van der Waals surface area (Å²) in [5.74, 6) is 2.74. The predicted octanol–water partition coefficient (Wildman–Crippen LogP) is 3.84. The van der Waals surface area contributed by atoms with Crippen LogP contribution in [0.25, 0.3) is 11.9 Å². The zero-order chi connectivity index (χ0) is 21.8. The zero-order valence-corrected chi connectivity index (χ0v) is 16.7. The van der Waals surface area contributed by atoms with E-state index in [4.69, 9.17) is 14.2 Å². The Balaban J connectivity index is 1.19. The lowest BCUT2D eigenvalue weighted by Crippen LogP contribution is -2.07. The summed E-state index contributed by atoms with van der Waals surface area (Å²) in [5.41, 5.74) is 1.48. The number of hydrogen-bond donors (Lipinski definition) is 1. The van der Waals surface area contributed by atoms with Gasteiger partial charge in [0.1, 0.15) is 24.2 Å². The Bertz CT molecular complexity index is 1270. The maximum absolute atomic E-state index is 12.2. The molecule has 9 heteroatoms. The molecule has 0 aliphatic carbocycles. The number of rotatable bonds is 6. The lowest BCUT2D eigenvalue weighted by molar-refractivity contribution is -0.111. The monoisotopic (exact) mass is 427 g/mol. The molecule has 158 valence electrons. The van der Waals surface area contributed by atoms with E-state index < -0.39 is 0 Å². The molecule has 1 aliphatic rings. The van der Waals surface area contributed by atoms with Crippen molar-refractivity contribution in [2.75, 3.05) is 12.1 Å². The second-order valence-corrected chi connectivity index (χ2v) is 6.75. The van der Waals surface area contributed by atoms with E-state index in [0.717, 1.165) is 5.56 Å². The molecule has 4 aromatic rings. The summed E-state index contributed by atoms with van der Waals surface area (Å²) < 4.78 is 18.2. The fraction of sp³-hybridized carbons (Fsp3) is 0.0435. The topological polar surface area (TPSA) is 100 Å². The lowest BCUT2D eigenvalue weighted by atomic mass is 10.2. The summed E-state index contributed by atoms with van der Waals surface area (Å²) in [5, 5.41) is 2.81. The second-order valence-electron chi connectivity index (χ2n) is 6.75. The van der Waals surface area contributed by atoms with Gasteiger partial charge in [0.15, 0.2) is 11.5 Å². The zero-order valence-electron chi connectivity index (χ0n) is 16.7. The standard InChI is InChI=1S/C23H17N5O4/c29-22(8-2-16-1-7-19-20(11-16)31-15-30-19)27-17-3-5-18(6-4-17)32-23-12-21(25-13-26-23)28-10-9-24-14-28/h1-14H,15H2,(H,27,29)/b8-2+. The number of hydrogen-bond acceptors (Lipinski definition) is 7. The number of fused-ring (bicyclic) bond motifs is 1. The molecular formula is C23H17N5O4. The van der Waals surface area contributed by atoms with Crippen LogP contribution in [0.2, 0.25) is 0 Å². The van der Waals surface area contributed by atoms with E-state index in [1.165, 1.54) is 12.4 Å². The van der Waals surface area contributed by atoms with Crippen LogP contribution in [-0.4, -0.2) is 32.2 Å². The molecule has 0 saturated carbocycles. The molecule has 2 aromatic carbocycles. The number of anilines is 1. The van der Waals surface area contributed by atoms with Crippen LogP contribution in [0, 0.1) is 0 Å². The van der Waals surface area contributed by atoms with Crippen LogP contribution < -0.4 is 19.5 Å². The average Bonchev–Trinajstić information content (AvgIpc) is 3.51. The van der Waals surface area contributed by atoms with Crippen LogP contribution in [-0.2, 0) is 4.79 Å².